The molecule has 0 aliphatic carbocycles. The van der Waals surface area contributed by atoms with E-state index in [-0.39, 0.29) is 31.5 Å². The molecule has 5 heterocycles. The van der Waals surface area contributed by atoms with E-state index in [4.69, 9.17) is 23.3 Å². The van der Waals surface area contributed by atoms with Gasteiger partial charge in [0.25, 0.3) is 5.91 Å². The largest absolute Gasteiger partial charge is 0.460 e. The number of ether oxygens (including phenoxy) is 3. The summed E-state index contributed by atoms with van der Waals surface area (Å²) in [4.78, 5) is 44.1. The number of carbonyl (C=O) groups is 3. The van der Waals surface area contributed by atoms with Crippen LogP contribution in [0.15, 0.2) is 30.3 Å². The van der Waals surface area contributed by atoms with Crippen LogP contribution in [0.5, 0.6) is 11.5 Å². The Morgan fingerprint density at radius 3 is 2.10 bits per heavy atom. The van der Waals surface area contributed by atoms with E-state index in [0.29, 0.717) is 74.6 Å². The summed E-state index contributed by atoms with van der Waals surface area (Å²) in [5.41, 5.74) is 8.45. The summed E-state index contributed by atoms with van der Waals surface area (Å²) in [5.74, 6) is 1.43. The van der Waals surface area contributed by atoms with Gasteiger partial charge in [-0.25, -0.2) is 9.37 Å². The van der Waals surface area contributed by atoms with Crippen molar-refractivity contribution in [2.45, 2.75) is 163 Å². The number of amides is 2. The molecule has 3 aromatic rings. The Morgan fingerprint density at radius 1 is 0.743 bits per heavy atom. The lowest BCUT2D eigenvalue weighted by atomic mass is 9.81. The van der Waals surface area contributed by atoms with Crippen LogP contribution in [0.3, 0.4) is 0 Å². The maximum Gasteiger partial charge on any atom is 0.407 e. The predicted octanol–water partition coefficient (Wildman–Crippen LogP) is 9.05. The third-order valence-corrected chi connectivity index (χ3v) is 16.0. The van der Waals surface area contributed by atoms with E-state index in [1.165, 1.54) is 33.3 Å². The fourth-order valence-electron chi connectivity index (χ4n) is 11.0. The zero-order chi connectivity index (χ0) is 49.8. The Morgan fingerprint density at radius 2 is 1.40 bits per heavy atom. The number of hydrogen-bond donors (Lipinski definition) is 1. The van der Waals surface area contributed by atoms with Crippen molar-refractivity contribution in [2.24, 2.45) is 0 Å². The van der Waals surface area contributed by atoms with Gasteiger partial charge in [-0.15, -0.1) is 0 Å². The summed E-state index contributed by atoms with van der Waals surface area (Å²) in [7, 11) is -4.03. The standard InChI is InChI=1S/C56H77N4O9P/c1-9-58(10-2)53(62)41-27-26-40(70(64,65-33-15-11-13-25-47(61)68-55(3,4)5)66-34-16-12-14-28-57-54(63)69-56(6,7)8)37-44(41)48-45-35-38-21-17-29-59-31-19-23-42(49(38)59)51(45)67-52-43-24-20-32-60-30-18-22-39(50(43)60)36-46(48)52/h26-27,35-37H,9-25,28-34H2,1-8H3/p+1. The average Bonchev–Trinajstić information content (AvgIpc) is 3.31. The van der Waals surface area contributed by atoms with Crippen LogP contribution in [0.4, 0.5) is 10.5 Å². The van der Waals surface area contributed by atoms with Gasteiger partial charge in [0, 0.05) is 90.7 Å². The van der Waals surface area contributed by atoms with E-state index in [1.807, 2.05) is 72.4 Å². The second-order valence-corrected chi connectivity index (χ2v) is 23.6. The highest BCUT2D eigenvalue weighted by atomic mass is 31.2. The van der Waals surface area contributed by atoms with Gasteiger partial charge in [-0.05, 0) is 167 Å². The number of anilines is 1. The maximum atomic E-state index is 15.6. The minimum Gasteiger partial charge on any atom is -0.460 e. The van der Waals surface area contributed by atoms with Gasteiger partial charge in [0.05, 0.1) is 24.1 Å². The molecule has 5 aliphatic heterocycles. The molecule has 1 N–H and O–H groups in total. The lowest BCUT2D eigenvalue weighted by molar-refractivity contribution is -0.154. The lowest BCUT2D eigenvalue weighted by Gasteiger charge is -2.39. The first-order chi connectivity index (χ1) is 33.5. The Hall–Kier alpha value is -4.71. The molecular formula is C56H78N4O9P+. The van der Waals surface area contributed by atoms with E-state index in [1.54, 1.807) is 6.07 Å². The number of hydrogen-bond acceptors (Lipinski definition) is 10. The molecule has 380 valence electrons. The third-order valence-electron chi connectivity index (χ3n) is 14.0. The van der Waals surface area contributed by atoms with Gasteiger partial charge in [0.15, 0.2) is 0 Å². The number of rotatable bonds is 19. The monoisotopic (exact) mass is 982 g/mol. The van der Waals surface area contributed by atoms with Gasteiger partial charge >= 0.3 is 19.7 Å². The van der Waals surface area contributed by atoms with Crippen molar-refractivity contribution in [3.63, 3.8) is 0 Å². The molecule has 70 heavy (non-hydrogen) atoms. The minimum atomic E-state index is -4.03. The molecule has 0 saturated heterocycles. The normalized spacial score (nSPS) is 16.8. The number of nitrogens with zero attached hydrogens (tertiary/aromatic N) is 3. The van der Waals surface area contributed by atoms with Crippen molar-refractivity contribution >= 4 is 42.1 Å². The van der Waals surface area contributed by atoms with Crippen LogP contribution in [0.1, 0.15) is 170 Å². The zero-order valence-electron chi connectivity index (χ0n) is 43.3. The maximum absolute atomic E-state index is 15.6. The van der Waals surface area contributed by atoms with Crippen LogP contribution in [0.25, 0.3) is 5.57 Å². The van der Waals surface area contributed by atoms with Gasteiger partial charge in [-0.2, -0.15) is 0 Å². The van der Waals surface area contributed by atoms with E-state index >= 15 is 4.57 Å². The van der Waals surface area contributed by atoms with Crippen molar-refractivity contribution in [1.82, 2.24) is 14.8 Å². The molecule has 3 aromatic carbocycles. The molecular weight excluding hydrogens is 904 g/mol. The second kappa shape index (κ2) is 22.0. The molecule has 1 unspecified atom stereocenters. The lowest BCUT2D eigenvalue weighted by Crippen LogP contribution is -2.45. The van der Waals surface area contributed by atoms with Gasteiger partial charge in [-0.1, -0.05) is 6.42 Å². The van der Waals surface area contributed by atoms with Crippen LogP contribution < -0.4 is 35.4 Å². The molecule has 0 radical (unpaired) electrons. The fraction of sp³-hybridized carbons (Fsp3) is 0.607. The molecule has 0 spiro atoms. The molecule has 0 saturated carbocycles. The topological polar surface area (TPSA) is 136 Å². The molecule has 13 nitrogen and oxygen atoms in total. The summed E-state index contributed by atoms with van der Waals surface area (Å²) >= 11 is 0. The van der Waals surface area contributed by atoms with Crippen molar-refractivity contribution in [1.29, 1.82) is 0 Å². The molecule has 14 heteroatoms. The molecule has 1 atom stereocenters. The molecule has 0 aromatic heterocycles. The number of unbranched alkanes of at least 4 members (excludes halogenated alkanes) is 4. The number of esters is 1. The average molecular weight is 982 g/mol. The van der Waals surface area contributed by atoms with Crippen LogP contribution >= 0.6 is 7.60 Å². The number of fused-ring (bicyclic) bond motifs is 4. The van der Waals surface area contributed by atoms with Crippen LogP contribution in [-0.4, -0.2) is 93.1 Å². The number of aryl methyl sites for hydroxylation is 2. The summed E-state index contributed by atoms with van der Waals surface area (Å²) < 4.78 is 49.3. The number of nitrogens with one attached hydrogen (secondary N) is 1. The fourth-order valence-corrected chi connectivity index (χ4v) is 12.6. The van der Waals surface area contributed by atoms with Crippen molar-refractivity contribution < 1.29 is 42.2 Å². The first kappa shape index (κ1) is 51.6. The van der Waals surface area contributed by atoms with E-state index in [2.05, 4.69) is 26.9 Å². The number of alkyl carbamates (subject to hydrolysis) is 1. The highest BCUT2D eigenvalue weighted by Gasteiger charge is 2.38. The summed E-state index contributed by atoms with van der Waals surface area (Å²) in [5, 5.41) is 5.50. The summed E-state index contributed by atoms with van der Waals surface area (Å²) in [6.45, 7) is 21.0. The van der Waals surface area contributed by atoms with Gasteiger partial charge in [-0.3, -0.25) is 14.2 Å². The summed E-state index contributed by atoms with van der Waals surface area (Å²) in [6, 6.07) is 10.2. The second-order valence-electron chi connectivity index (χ2n) is 21.6. The highest BCUT2D eigenvalue weighted by molar-refractivity contribution is 7.62. The van der Waals surface area contributed by atoms with Crippen LogP contribution in [0.2, 0.25) is 0 Å². The SMILES string of the molecule is CCN(CC)C(=O)c1ccc(P(=O)(OCCCCCNC(=O)OC(C)(C)C)OCCCCCC(=O)OC(C)(C)C)cc1C1=c2cc3c4c(c2Oc2c1cc1c5c2CCCN5CCC1)CCC[N+]=4CCC3. The smallest absolute Gasteiger partial charge is 0.407 e. The first-order valence-electron chi connectivity index (χ1n) is 26.4. The Labute approximate surface area is 415 Å². The Balaban J connectivity index is 1.21. The third kappa shape index (κ3) is 11.6. The van der Waals surface area contributed by atoms with Crippen molar-refractivity contribution in [3.8, 4) is 11.5 Å². The highest BCUT2D eigenvalue weighted by Crippen LogP contribution is 2.51. The molecule has 0 fully saturated rings. The molecule has 8 rings (SSSR count). The first-order valence-corrected chi connectivity index (χ1v) is 28.0. The van der Waals surface area contributed by atoms with Crippen LogP contribution in [0, 0.1) is 0 Å². The van der Waals surface area contributed by atoms with Gasteiger partial charge in [0.2, 0.25) is 5.36 Å². The predicted molar refractivity (Wildman–Crippen MR) is 276 cm³/mol. The quantitative estimate of drug-likeness (QED) is 0.0420. The number of benzene rings is 3. The van der Waals surface area contributed by atoms with E-state index < -0.39 is 24.9 Å². The van der Waals surface area contributed by atoms with Crippen molar-refractivity contribution in [3.05, 3.63) is 79.9 Å². The van der Waals surface area contributed by atoms with E-state index in [9.17, 15) is 14.4 Å². The van der Waals surface area contributed by atoms with Crippen molar-refractivity contribution in [2.75, 3.05) is 63.9 Å². The van der Waals surface area contributed by atoms with Gasteiger partial charge < -0.3 is 38.4 Å². The minimum absolute atomic E-state index is 0.0914. The zero-order valence-corrected chi connectivity index (χ0v) is 44.2. The van der Waals surface area contributed by atoms with Gasteiger partial charge in [0.1, 0.15) is 35.8 Å². The molecule has 0 bridgehead atoms. The molecule has 2 amide bonds. The van der Waals surface area contributed by atoms with Crippen LogP contribution in [-0.2, 0) is 53.6 Å². The summed E-state index contributed by atoms with van der Waals surface area (Å²) in [6.07, 6.45) is 11.6. The van der Waals surface area contributed by atoms with E-state index in [0.717, 1.165) is 105 Å². The Kier molecular flexibility index (Phi) is 16.2. The Bertz CT molecular complexity index is 2640. The number of carbonyl (C=O) groups excluding carboxylic acids is 3. The molecule has 5 aliphatic rings.